The molecule has 4 heteroatoms. The van der Waals surface area contributed by atoms with E-state index in [9.17, 15) is 9.50 Å². The summed E-state index contributed by atoms with van der Waals surface area (Å²) in [5.74, 6) is -0.998. The lowest BCUT2D eigenvalue weighted by atomic mass is 10.1. The molecule has 0 fully saturated rings. The van der Waals surface area contributed by atoms with E-state index in [1.807, 2.05) is 0 Å². The van der Waals surface area contributed by atoms with Gasteiger partial charge in [0, 0.05) is 0 Å². The van der Waals surface area contributed by atoms with Gasteiger partial charge >= 0.3 is 0 Å². The molecule has 1 aromatic carbocycles. The van der Waals surface area contributed by atoms with Crippen LogP contribution in [0.15, 0.2) is 6.07 Å². The summed E-state index contributed by atoms with van der Waals surface area (Å²) in [5, 5.41) is 17.9. The Balaban J connectivity index is 3.42. The van der Waals surface area contributed by atoms with Gasteiger partial charge in [0.2, 0.25) is 0 Å². The van der Waals surface area contributed by atoms with Crippen LogP contribution in [0.2, 0.25) is 5.02 Å². The van der Waals surface area contributed by atoms with Crippen LogP contribution >= 0.6 is 11.6 Å². The lowest BCUT2D eigenvalue weighted by molar-refractivity contribution is 0.268. The third kappa shape index (κ3) is 1.38. The molecular formula is C8H8ClFO2. The molecule has 0 atom stereocenters. The topological polar surface area (TPSA) is 40.5 Å². The van der Waals surface area contributed by atoms with Gasteiger partial charge in [-0.05, 0) is 18.6 Å². The minimum atomic E-state index is -0.612. The molecule has 0 radical (unpaired) electrons. The van der Waals surface area contributed by atoms with Crippen molar-refractivity contribution in [1.29, 1.82) is 0 Å². The normalized spacial score (nSPS) is 10.3. The maximum atomic E-state index is 13.1. The van der Waals surface area contributed by atoms with Crippen LogP contribution in [-0.4, -0.2) is 10.2 Å². The molecule has 0 saturated carbocycles. The number of phenols is 1. The zero-order chi connectivity index (χ0) is 9.30. The minimum absolute atomic E-state index is 0.0537. The highest BCUT2D eigenvalue weighted by Gasteiger charge is 2.13. The fourth-order valence-electron chi connectivity index (χ4n) is 0.952. The van der Waals surface area contributed by atoms with Gasteiger partial charge in [0.25, 0.3) is 0 Å². The van der Waals surface area contributed by atoms with E-state index in [0.717, 1.165) is 0 Å². The number of hydrogen-bond acceptors (Lipinski definition) is 2. The Morgan fingerprint density at radius 3 is 2.67 bits per heavy atom. The first-order valence-corrected chi connectivity index (χ1v) is 3.73. The van der Waals surface area contributed by atoms with E-state index in [1.54, 1.807) is 0 Å². The van der Waals surface area contributed by atoms with Crippen molar-refractivity contribution >= 4 is 11.6 Å². The quantitative estimate of drug-likeness (QED) is 0.711. The van der Waals surface area contributed by atoms with Crippen LogP contribution in [0.25, 0.3) is 0 Å². The van der Waals surface area contributed by atoms with Gasteiger partial charge in [-0.2, -0.15) is 0 Å². The molecule has 0 spiro atoms. The van der Waals surface area contributed by atoms with Gasteiger partial charge in [-0.3, -0.25) is 0 Å². The summed E-state index contributed by atoms with van der Waals surface area (Å²) in [7, 11) is 0. The lowest BCUT2D eigenvalue weighted by Gasteiger charge is -2.06. The Labute approximate surface area is 74.2 Å². The molecule has 12 heavy (non-hydrogen) atoms. The van der Waals surface area contributed by atoms with E-state index < -0.39 is 12.4 Å². The molecule has 1 aromatic rings. The molecule has 2 nitrogen and oxygen atoms in total. The van der Waals surface area contributed by atoms with Crippen molar-refractivity contribution in [1.82, 2.24) is 0 Å². The van der Waals surface area contributed by atoms with Crippen LogP contribution in [-0.2, 0) is 6.61 Å². The Hall–Kier alpha value is -0.800. The summed E-state index contributed by atoms with van der Waals surface area (Å²) >= 11 is 5.54. The minimum Gasteiger partial charge on any atom is -0.506 e. The highest BCUT2D eigenvalue weighted by molar-refractivity contribution is 6.32. The van der Waals surface area contributed by atoms with E-state index >= 15 is 0 Å². The van der Waals surface area contributed by atoms with Crippen molar-refractivity contribution < 1.29 is 14.6 Å². The van der Waals surface area contributed by atoms with E-state index in [0.29, 0.717) is 5.56 Å². The number of aromatic hydroxyl groups is 1. The molecule has 0 aliphatic rings. The molecule has 1 rings (SSSR count). The molecule has 0 saturated heterocycles. The van der Waals surface area contributed by atoms with Crippen molar-refractivity contribution in [2.75, 3.05) is 0 Å². The predicted molar refractivity (Wildman–Crippen MR) is 43.7 cm³/mol. The molecule has 0 bridgehead atoms. The summed E-state index contributed by atoms with van der Waals surface area (Å²) in [5.41, 5.74) is 0.154. The molecule has 0 aliphatic heterocycles. The van der Waals surface area contributed by atoms with E-state index in [-0.39, 0.29) is 16.3 Å². The highest BCUT2D eigenvalue weighted by atomic mass is 35.5. The predicted octanol–water partition coefficient (Wildman–Crippen LogP) is 1.99. The molecule has 0 aromatic heterocycles. The largest absolute Gasteiger partial charge is 0.506 e. The van der Waals surface area contributed by atoms with Crippen LogP contribution < -0.4 is 0 Å². The fraction of sp³-hybridized carbons (Fsp3) is 0.250. The summed E-state index contributed by atoms with van der Waals surface area (Å²) < 4.78 is 13.1. The smallest absolute Gasteiger partial charge is 0.142 e. The molecular weight excluding hydrogens is 183 g/mol. The molecule has 0 heterocycles. The van der Waals surface area contributed by atoms with Gasteiger partial charge < -0.3 is 10.2 Å². The fourth-order valence-corrected chi connectivity index (χ4v) is 1.23. The number of rotatable bonds is 1. The van der Waals surface area contributed by atoms with Gasteiger partial charge in [-0.15, -0.1) is 0 Å². The number of hydrogen-bond donors (Lipinski definition) is 2. The zero-order valence-electron chi connectivity index (χ0n) is 6.43. The third-order valence-electron chi connectivity index (χ3n) is 1.62. The monoisotopic (exact) mass is 190 g/mol. The van der Waals surface area contributed by atoms with Crippen molar-refractivity contribution in [3.63, 3.8) is 0 Å². The number of halogens is 2. The maximum absolute atomic E-state index is 13.1. The van der Waals surface area contributed by atoms with Crippen molar-refractivity contribution in [3.8, 4) is 5.75 Å². The maximum Gasteiger partial charge on any atom is 0.142 e. The first kappa shape index (κ1) is 9.29. The summed E-state index contributed by atoms with van der Waals surface area (Å²) in [4.78, 5) is 0. The Morgan fingerprint density at radius 1 is 1.58 bits per heavy atom. The van der Waals surface area contributed by atoms with Gasteiger partial charge in [0.15, 0.2) is 0 Å². The molecule has 0 amide bonds. The first-order valence-electron chi connectivity index (χ1n) is 3.35. The highest BCUT2D eigenvalue weighted by Crippen LogP contribution is 2.31. The number of aliphatic hydroxyl groups excluding tert-OH is 1. The van der Waals surface area contributed by atoms with Crippen molar-refractivity contribution in [3.05, 3.63) is 28.0 Å². The average Bonchev–Trinajstić information content (AvgIpc) is 2.02. The standard InChI is InChI=1S/C8H8ClFO2/c1-4-2-6(9)8(12)5(3-11)7(4)10/h2,11-12H,3H2,1H3. The summed E-state index contributed by atoms with van der Waals surface area (Å²) in [6, 6.07) is 1.31. The second-order valence-electron chi connectivity index (χ2n) is 2.47. The van der Waals surface area contributed by atoms with Crippen LogP contribution in [0.5, 0.6) is 5.75 Å². The molecule has 0 aliphatic carbocycles. The summed E-state index contributed by atoms with van der Waals surface area (Å²) in [6.45, 7) is 0.957. The average molecular weight is 191 g/mol. The molecule has 0 unspecified atom stereocenters. The summed E-state index contributed by atoms with van der Waals surface area (Å²) in [6.07, 6.45) is 0. The van der Waals surface area contributed by atoms with Gasteiger partial charge in [0.05, 0.1) is 17.2 Å². The third-order valence-corrected chi connectivity index (χ3v) is 1.91. The van der Waals surface area contributed by atoms with Crippen LogP contribution in [0.4, 0.5) is 4.39 Å². The van der Waals surface area contributed by atoms with E-state index in [2.05, 4.69) is 0 Å². The van der Waals surface area contributed by atoms with Crippen molar-refractivity contribution in [2.24, 2.45) is 0 Å². The SMILES string of the molecule is Cc1cc(Cl)c(O)c(CO)c1F. The van der Waals surface area contributed by atoms with E-state index in [1.165, 1.54) is 13.0 Å². The van der Waals surface area contributed by atoms with Crippen LogP contribution in [0.1, 0.15) is 11.1 Å². The van der Waals surface area contributed by atoms with Crippen molar-refractivity contribution in [2.45, 2.75) is 13.5 Å². The van der Waals surface area contributed by atoms with Crippen LogP contribution in [0.3, 0.4) is 0 Å². The van der Waals surface area contributed by atoms with Gasteiger partial charge in [0.1, 0.15) is 11.6 Å². The second kappa shape index (κ2) is 3.29. The molecule has 66 valence electrons. The molecule has 2 N–H and O–H groups in total. The van der Waals surface area contributed by atoms with Crippen LogP contribution in [0, 0.1) is 12.7 Å². The second-order valence-corrected chi connectivity index (χ2v) is 2.88. The Morgan fingerprint density at radius 2 is 2.17 bits per heavy atom. The Kier molecular flexibility index (Phi) is 2.55. The van der Waals surface area contributed by atoms with Gasteiger partial charge in [-0.1, -0.05) is 11.6 Å². The number of aryl methyl sites for hydroxylation is 1. The van der Waals surface area contributed by atoms with Gasteiger partial charge in [-0.25, -0.2) is 4.39 Å². The zero-order valence-corrected chi connectivity index (χ0v) is 7.19. The number of aliphatic hydroxyl groups is 1. The first-order chi connectivity index (χ1) is 5.57. The lowest BCUT2D eigenvalue weighted by Crippen LogP contribution is -1.94. The van der Waals surface area contributed by atoms with E-state index in [4.69, 9.17) is 16.7 Å². The number of benzene rings is 1. The Bertz CT molecular complexity index is 286.